The second-order valence-corrected chi connectivity index (χ2v) is 6.99. The standard InChI is InChI=1S/C21H36O3/c1-3-4-5-6-7-8-9-10-11-12-13-14-15-16-20-18(2)19(22)17-21(23)24-20/h17,22H,3-16H2,1-2H3. The summed E-state index contributed by atoms with van der Waals surface area (Å²) in [5.74, 6) is 0.694. The number of rotatable bonds is 14. The molecule has 0 aromatic carbocycles. The van der Waals surface area contributed by atoms with Crippen LogP contribution in [0.3, 0.4) is 0 Å². The molecular formula is C21H36O3. The Morgan fingerprint density at radius 1 is 0.833 bits per heavy atom. The van der Waals surface area contributed by atoms with E-state index in [1.165, 1.54) is 70.6 Å². The van der Waals surface area contributed by atoms with Crippen LogP contribution in [0.5, 0.6) is 5.75 Å². The Morgan fingerprint density at radius 2 is 1.29 bits per heavy atom. The highest BCUT2D eigenvalue weighted by Gasteiger charge is 2.07. The van der Waals surface area contributed by atoms with Gasteiger partial charge in [0.25, 0.3) is 0 Å². The Morgan fingerprint density at radius 3 is 1.79 bits per heavy atom. The number of aromatic hydroxyl groups is 1. The molecule has 0 spiro atoms. The van der Waals surface area contributed by atoms with E-state index in [-0.39, 0.29) is 5.75 Å². The zero-order valence-corrected chi connectivity index (χ0v) is 15.7. The fraction of sp³-hybridized carbons (Fsp3) is 0.762. The fourth-order valence-corrected chi connectivity index (χ4v) is 3.13. The van der Waals surface area contributed by atoms with Crippen LogP contribution in [0.15, 0.2) is 15.3 Å². The van der Waals surface area contributed by atoms with Gasteiger partial charge in [0.05, 0.1) is 6.07 Å². The molecule has 0 aliphatic carbocycles. The summed E-state index contributed by atoms with van der Waals surface area (Å²) in [6, 6.07) is 1.14. The summed E-state index contributed by atoms with van der Waals surface area (Å²) in [6.45, 7) is 4.07. The molecule has 1 aromatic rings. The van der Waals surface area contributed by atoms with E-state index in [9.17, 15) is 9.90 Å². The van der Waals surface area contributed by atoms with E-state index in [0.717, 1.165) is 25.3 Å². The van der Waals surface area contributed by atoms with Gasteiger partial charge in [-0.1, -0.05) is 84.0 Å². The van der Waals surface area contributed by atoms with Crippen molar-refractivity contribution in [3.63, 3.8) is 0 Å². The van der Waals surface area contributed by atoms with Crippen LogP contribution in [0.1, 0.15) is 102 Å². The maximum Gasteiger partial charge on any atom is 0.339 e. The molecule has 138 valence electrons. The number of hydrogen-bond donors (Lipinski definition) is 1. The molecule has 0 radical (unpaired) electrons. The lowest BCUT2D eigenvalue weighted by atomic mass is 10.0. The second kappa shape index (κ2) is 13.1. The van der Waals surface area contributed by atoms with Crippen molar-refractivity contribution in [3.8, 4) is 5.75 Å². The van der Waals surface area contributed by atoms with E-state index in [4.69, 9.17) is 4.42 Å². The van der Waals surface area contributed by atoms with Gasteiger partial charge in [0, 0.05) is 12.0 Å². The minimum Gasteiger partial charge on any atom is -0.507 e. The first kappa shape index (κ1) is 20.8. The van der Waals surface area contributed by atoms with Gasteiger partial charge in [0.2, 0.25) is 0 Å². The first-order valence-corrected chi connectivity index (χ1v) is 9.97. The molecule has 0 atom stereocenters. The van der Waals surface area contributed by atoms with Gasteiger partial charge in [-0.25, -0.2) is 4.79 Å². The minimum atomic E-state index is -0.456. The number of aryl methyl sites for hydroxylation is 1. The van der Waals surface area contributed by atoms with Crippen molar-refractivity contribution in [2.24, 2.45) is 0 Å². The quantitative estimate of drug-likeness (QED) is 0.406. The van der Waals surface area contributed by atoms with Crippen LogP contribution in [0.2, 0.25) is 0 Å². The first-order valence-electron chi connectivity index (χ1n) is 9.97. The summed E-state index contributed by atoms with van der Waals surface area (Å²) in [7, 11) is 0. The van der Waals surface area contributed by atoms with Crippen molar-refractivity contribution in [1.82, 2.24) is 0 Å². The summed E-state index contributed by atoms with van der Waals surface area (Å²) in [5.41, 5.74) is 0.247. The molecule has 24 heavy (non-hydrogen) atoms. The Kier molecular flexibility index (Phi) is 11.3. The lowest BCUT2D eigenvalue weighted by Gasteiger charge is -2.06. The molecule has 0 aliphatic heterocycles. The molecule has 1 aromatic heterocycles. The lowest BCUT2D eigenvalue weighted by Crippen LogP contribution is -2.02. The molecule has 0 bridgehead atoms. The van der Waals surface area contributed by atoms with Crippen molar-refractivity contribution in [2.45, 2.75) is 104 Å². The van der Waals surface area contributed by atoms with Crippen molar-refractivity contribution in [1.29, 1.82) is 0 Å². The van der Waals surface area contributed by atoms with Gasteiger partial charge in [-0.15, -0.1) is 0 Å². The van der Waals surface area contributed by atoms with E-state index in [1.54, 1.807) is 6.92 Å². The fourth-order valence-electron chi connectivity index (χ4n) is 3.13. The van der Waals surface area contributed by atoms with Crippen LogP contribution in [0.25, 0.3) is 0 Å². The van der Waals surface area contributed by atoms with Gasteiger partial charge in [0.1, 0.15) is 11.5 Å². The smallest absolute Gasteiger partial charge is 0.339 e. The van der Waals surface area contributed by atoms with Crippen LogP contribution in [0.4, 0.5) is 0 Å². The van der Waals surface area contributed by atoms with E-state index in [1.807, 2.05) is 0 Å². The zero-order valence-electron chi connectivity index (χ0n) is 15.7. The maximum absolute atomic E-state index is 11.3. The monoisotopic (exact) mass is 336 g/mol. The van der Waals surface area contributed by atoms with Gasteiger partial charge < -0.3 is 9.52 Å². The van der Waals surface area contributed by atoms with E-state index < -0.39 is 5.63 Å². The van der Waals surface area contributed by atoms with E-state index >= 15 is 0 Å². The predicted octanol–water partition coefficient (Wildman–Crippen LogP) is 6.29. The van der Waals surface area contributed by atoms with Crippen LogP contribution in [-0.4, -0.2) is 5.11 Å². The molecule has 1 heterocycles. The van der Waals surface area contributed by atoms with Crippen LogP contribution in [-0.2, 0) is 6.42 Å². The SMILES string of the molecule is CCCCCCCCCCCCCCCc1oc(=O)cc(O)c1C. The maximum atomic E-state index is 11.3. The highest BCUT2D eigenvalue weighted by atomic mass is 16.4. The predicted molar refractivity (Wildman–Crippen MR) is 101 cm³/mol. The molecular weight excluding hydrogens is 300 g/mol. The summed E-state index contributed by atoms with van der Waals surface area (Å²) < 4.78 is 5.18. The van der Waals surface area contributed by atoms with Crippen molar-refractivity contribution in [3.05, 3.63) is 27.8 Å². The minimum absolute atomic E-state index is 0.0518. The van der Waals surface area contributed by atoms with Gasteiger partial charge in [-0.3, -0.25) is 0 Å². The van der Waals surface area contributed by atoms with Crippen LogP contribution in [0, 0.1) is 6.92 Å². The third-order valence-corrected chi connectivity index (χ3v) is 4.79. The van der Waals surface area contributed by atoms with E-state index in [0.29, 0.717) is 11.3 Å². The highest BCUT2D eigenvalue weighted by Crippen LogP contribution is 2.19. The Hall–Kier alpha value is -1.25. The molecule has 0 fully saturated rings. The Bertz CT molecular complexity index is 490. The molecule has 0 unspecified atom stereocenters. The second-order valence-electron chi connectivity index (χ2n) is 6.99. The summed E-state index contributed by atoms with van der Waals surface area (Å²) in [5, 5.41) is 9.62. The van der Waals surface area contributed by atoms with Gasteiger partial charge in [-0.05, 0) is 13.3 Å². The molecule has 1 N–H and O–H groups in total. The third kappa shape index (κ3) is 9.14. The van der Waals surface area contributed by atoms with Gasteiger partial charge in [-0.2, -0.15) is 0 Å². The largest absolute Gasteiger partial charge is 0.507 e. The molecule has 0 aliphatic rings. The third-order valence-electron chi connectivity index (χ3n) is 4.79. The molecule has 1 rings (SSSR count). The lowest BCUT2D eigenvalue weighted by molar-refractivity contribution is 0.411. The average Bonchev–Trinajstić information content (AvgIpc) is 2.56. The summed E-state index contributed by atoms with van der Waals surface area (Å²) in [4.78, 5) is 11.3. The molecule has 3 nitrogen and oxygen atoms in total. The van der Waals surface area contributed by atoms with E-state index in [2.05, 4.69) is 6.92 Å². The molecule has 3 heteroatoms. The van der Waals surface area contributed by atoms with Crippen LogP contribution >= 0.6 is 0 Å². The average molecular weight is 337 g/mol. The van der Waals surface area contributed by atoms with Gasteiger partial charge >= 0.3 is 5.63 Å². The van der Waals surface area contributed by atoms with Crippen molar-refractivity contribution in [2.75, 3.05) is 0 Å². The van der Waals surface area contributed by atoms with Crippen LogP contribution < -0.4 is 5.63 Å². The summed E-state index contributed by atoms with van der Waals surface area (Å²) >= 11 is 0. The molecule has 0 saturated heterocycles. The topological polar surface area (TPSA) is 50.4 Å². The number of hydrogen-bond acceptors (Lipinski definition) is 3. The molecule has 0 saturated carbocycles. The highest BCUT2D eigenvalue weighted by molar-refractivity contribution is 5.31. The first-order chi connectivity index (χ1) is 11.6. The zero-order chi connectivity index (χ0) is 17.6. The van der Waals surface area contributed by atoms with Crippen molar-refractivity contribution < 1.29 is 9.52 Å². The Balaban J connectivity index is 1.95. The number of unbranched alkanes of at least 4 members (excludes halogenated alkanes) is 12. The summed E-state index contributed by atoms with van der Waals surface area (Å²) in [6.07, 6.45) is 17.9. The Labute approximate surface area is 147 Å². The van der Waals surface area contributed by atoms with Gasteiger partial charge in [0.15, 0.2) is 0 Å². The molecule has 0 amide bonds. The normalized spacial score (nSPS) is 11.1. The van der Waals surface area contributed by atoms with Crippen molar-refractivity contribution >= 4 is 0 Å².